The Morgan fingerprint density at radius 1 is 1.06 bits per heavy atom. The third kappa shape index (κ3) is 3.96. The Kier molecular flexibility index (Phi) is 4.87. The van der Waals surface area contributed by atoms with Gasteiger partial charge in [-0.1, -0.05) is 32.6 Å². The molecule has 0 saturated heterocycles. The van der Waals surface area contributed by atoms with E-state index in [2.05, 4.69) is 6.92 Å². The molecule has 0 aromatic carbocycles. The van der Waals surface area contributed by atoms with Crippen LogP contribution in [0, 0.1) is 17.8 Å². The van der Waals surface area contributed by atoms with E-state index >= 15 is 0 Å². The Balaban J connectivity index is 1.74. The first kappa shape index (κ1) is 13.4. The van der Waals surface area contributed by atoms with Gasteiger partial charge >= 0.3 is 0 Å². The van der Waals surface area contributed by atoms with E-state index in [0.717, 1.165) is 43.9 Å². The highest BCUT2D eigenvalue weighted by Crippen LogP contribution is 2.34. The number of hydrogen-bond acceptors (Lipinski definition) is 2. The van der Waals surface area contributed by atoms with E-state index in [9.17, 15) is 10.2 Å². The number of aliphatic hydroxyl groups excluding tert-OH is 2. The zero-order valence-electron chi connectivity index (χ0n) is 11.1. The molecule has 0 radical (unpaired) electrons. The van der Waals surface area contributed by atoms with E-state index < -0.39 is 0 Å². The van der Waals surface area contributed by atoms with Crippen molar-refractivity contribution in [1.82, 2.24) is 0 Å². The van der Waals surface area contributed by atoms with Gasteiger partial charge in [0, 0.05) is 0 Å². The maximum Gasteiger partial charge on any atom is 0.0569 e. The predicted octanol–water partition coefficient (Wildman–Crippen LogP) is 3.11. The molecule has 0 amide bonds. The molecule has 2 saturated carbocycles. The summed E-state index contributed by atoms with van der Waals surface area (Å²) in [7, 11) is 0. The van der Waals surface area contributed by atoms with Crippen LogP contribution in [-0.4, -0.2) is 22.4 Å². The maximum absolute atomic E-state index is 10.2. The van der Waals surface area contributed by atoms with Crippen molar-refractivity contribution in [2.75, 3.05) is 0 Å². The van der Waals surface area contributed by atoms with Gasteiger partial charge in [-0.15, -0.1) is 0 Å². The quantitative estimate of drug-likeness (QED) is 0.792. The Morgan fingerprint density at radius 3 is 2.47 bits per heavy atom. The lowest BCUT2D eigenvalue weighted by atomic mass is 9.77. The molecule has 4 atom stereocenters. The van der Waals surface area contributed by atoms with E-state index in [-0.39, 0.29) is 12.2 Å². The third-order valence-corrected chi connectivity index (χ3v) is 4.86. The second-order valence-electron chi connectivity index (χ2n) is 6.52. The number of hydrogen-bond donors (Lipinski definition) is 2. The average Bonchev–Trinajstić information content (AvgIpc) is 2.76. The smallest absolute Gasteiger partial charge is 0.0569 e. The van der Waals surface area contributed by atoms with Crippen LogP contribution in [0.3, 0.4) is 0 Å². The fourth-order valence-electron chi connectivity index (χ4n) is 3.81. The van der Waals surface area contributed by atoms with Crippen molar-refractivity contribution >= 4 is 0 Å². The molecule has 2 fully saturated rings. The van der Waals surface area contributed by atoms with Gasteiger partial charge < -0.3 is 10.2 Å². The molecule has 2 rings (SSSR count). The lowest BCUT2D eigenvalue weighted by molar-refractivity contribution is 0.0143. The number of rotatable bonds is 4. The Hall–Kier alpha value is -0.0800. The highest BCUT2D eigenvalue weighted by atomic mass is 16.3. The summed E-state index contributed by atoms with van der Waals surface area (Å²) in [4.78, 5) is 0. The Labute approximate surface area is 105 Å². The van der Waals surface area contributed by atoms with Gasteiger partial charge in [0.05, 0.1) is 12.2 Å². The topological polar surface area (TPSA) is 40.5 Å². The summed E-state index contributed by atoms with van der Waals surface area (Å²) in [6.07, 6.45) is 9.94. The van der Waals surface area contributed by atoms with E-state index in [1.807, 2.05) is 0 Å². The fourth-order valence-corrected chi connectivity index (χ4v) is 3.81. The number of aliphatic hydroxyl groups is 2. The molecule has 0 aliphatic heterocycles. The Bertz CT molecular complexity index is 223. The van der Waals surface area contributed by atoms with Crippen LogP contribution >= 0.6 is 0 Å². The standard InChI is InChI=1S/C15H28O2/c1-11-6-7-15(17)13(8-11)10-14(16)9-12-4-2-3-5-12/h11-17H,2-10H2,1H3. The van der Waals surface area contributed by atoms with Gasteiger partial charge in [-0.3, -0.25) is 0 Å². The van der Waals surface area contributed by atoms with Crippen molar-refractivity contribution in [3.63, 3.8) is 0 Å². The predicted molar refractivity (Wildman–Crippen MR) is 69.7 cm³/mol. The molecular weight excluding hydrogens is 212 g/mol. The van der Waals surface area contributed by atoms with Gasteiger partial charge in [0.25, 0.3) is 0 Å². The van der Waals surface area contributed by atoms with Crippen LogP contribution < -0.4 is 0 Å². The minimum atomic E-state index is -0.178. The summed E-state index contributed by atoms with van der Waals surface area (Å²) in [5, 5.41) is 20.1. The molecule has 0 bridgehead atoms. The van der Waals surface area contributed by atoms with Crippen molar-refractivity contribution in [1.29, 1.82) is 0 Å². The largest absolute Gasteiger partial charge is 0.393 e. The van der Waals surface area contributed by atoms with Crippen molar-refractivity contribution in [3.8, 4) is 0 Å². The van der Waals surface area contributed by atoms with E-state index in [0.29, 0.717) is 5.92 Å². The van der Waals surface area contributed by atoms with Crippen LogP contribution in [0.2, 0.25) is 0 Å². The molecule has 0 heterocycles. The van der Waals surface area contributed by atoms with E-state index in [1.54, 1.807) is 0 Å². The lowest BCUT2D eigenvalue weighted by Crippen LogP contribution is -2.31. The van der Waals surface area contributed by atoms with Crippen LogP contribution in [-0.2, 0) is 0 Å². The summed E-state index contributed by atoms with van der Waals surface area (Å²) < 4.78 is 0. The molecule has 17 heavy (non-hydrogen) atoms. The molecule has 2 N–H and O–H groups in total. The zero-order valence-corrected chi connectivity index (χ0v) is 11.1. The summed E-state index contributed by atoms with van der Waals surface area (Å²) in [5.41, 5.74) is 0. The molecule has 100 valence electrons. The van der Waals surface area contributed by atoms with Crippen molar-refractivity contribution in [2.45, 2.75) is 76.9 Å². The Morgan fingerprint density at radius 2 is 1.76 bits per heavy atom. The molecule has 2 aliphatic rings. The molecular formula is C15H28O2. The average molecular weight is 240 g/mol. The molecule has 0 spiro atoms. The molecule has 2 aliphatic carbocycles. The normalized spacial score (nSPS) is 37.2. The summed E-state index contributed by atoms with van der Waals surface area (Å²) in [6.45, 7) is 2.27. The maximum atomic E-state index is 10.2. The second kappa shape index (κ2) is 6.19. The van der Waals surface area contributed by atoms with Crippen LogP contribution in [0.15, 0.2) is 0 Å². The van der Waals surface area contributed by atoms with Gasteiger partial charge in [-0.05, 0) is 49.9 Å². The van der Waals surface area contributed by atoms with Crippen LogP contribution in [0.25, 0.3) is 0 Å². The first-order valence-electron chi connectivity index (χ1n) is 7.51. The minimum absolute atomic E-state index is 0.163. The summed E-state index contributed by atoms with van der Waals surface area (Å²) >= 11 is 0. The first-order valence-corrected chi connectivity index (χ1v) is 7.51. The van der Waals surface area contributed by atoms with Gasteiger partial charge in [0.2, 0.25) is 0 Å². The van der Waals surface area contributed by atoms with Gasteiger partial charge in [0.15, 0.2) is 0 Å². The van der Waals surface area contributed by atoms with Gasteiger partial charge in [-0.2, -0.15) is 0 Å². The fraction of sp³-hybridized carbons (Fsp3) is 1.00. The van der Waals surface area contributed by atoms with Crippen LogP contribution in [0.1, 0.15) is 64.7 Å². The van der Waals surface area contributed by atoms with E-state index in [1.165, 1.54) is 25.7 Å². The third-order valence-electron chi connectivity index (χ3n) is 4.86. The highest BCUT2D eigenvalue weighted by molar-refractivity contribution is 4.81. The highest BCUT2D eigenvalue weighted by Gasteiger charge is 2.29. The molecule has 0 aromatic rings. The summed E-state index contributed by atoms with van der Waals surface area (Å²) in [5.74, 6) is 1.82. The van der Waals surface area contributed by atoms with Crippen LogP contribution in [0.5, 0.6) is 0 Å². The van der Waals surface area contributed by atoms with Gasteiger partial charge in [-0.25, -0.2) is 0 Å². The van der Waals surface area contributed by atoms with Crippen molar-refractivity contribution in [3.05, 3.63) is 0 Å². The monoisotopic (exact) mass is 240 g/mol. The minimum Gasteiger partial charge on any atom is -0.393 e. The second-order valence-corrected chi connectivity index (χ2v) is 6.52. The molecule has 4 unspecified atom stereocenters. The zero-order chi connectivity index (χ0) is 12.3. The van der Waals surface area contributed by atoms with Gasteiger partial charge in [0.1, 0.15) is 0 Å². The molecule has 2 nitrogen and oxygen atoms in total. The molecule has 0 aromatic heterocycles. The summed E-state index contributed by atoms with van der Waals surface area (Å²) in [6, 6.07) is 0. The van der Waals surface area contributed by atoms with Crippen LogP contribution in [0.4, 0.5) is 0 Å². The SMILES string of the molecule is CC1CCC(O)C(CC(O)CC2CCCC2)C1. The first-order chi connectivity index (χ1) is 8.15. The van der Waals surface area contributed by atoms with Crippen molar-refractivity contribution < 1.29 is 10.2 Å². The van der Waals surface area contributed by atoms with E-state index in [4.69, 9.17) is 0 Å². The van der Waals surface area contributed by atoms with Crippen molar-refractivity contribution in [2.24, 2.45) is 17.8 Å². The lowest BCUT2D eigenvalue weighted by Gasteiger charge is -2.33. The molecule has 2 heteroatoms.